The molecule has 25 heavy (non-hydrogen) atoms. The van der Waals surface area contributed by atoms with Crippen molar-refractivity contribution in [2.24, 2.45) is 17.6 Å². The fourth-order valence-electron chi connectivity index (χ4n) is 4.43. The molecular formula is C20H28FN3O. The molecule has 0 radical (unpaired) electrons. The highest BCUT2D eigenvalue weighted by Crippen LogP contribution is 2.36. The van der Waals surface area contributed by atoms with Crippen molar-refractivity contribution in [3.8, 4) is 0 Å². The second-order valence-corrected chi connectivity index (χ2v) is 7.92. The van der Waals surface area contributed by atoms with Crippen LogP contribution in [0.3, 0.4) is 0 Å². The van der Waals surface area contributed by atoms with E-state index in [2.05, 4.69) is 16.9 Å². The van der Waals surface area contributed by atoms with Gasteiger partial charge in [0.25, 0.3) is 0 Å². The van der Waals surface area contributed by atoms with E-state index in [0.29, 0.717) is 24.6 Å². The zero-order valence-electron chi connectivity index (χ0n) is 14.9. The summed E-state index contributed by atoms with van der Waals surface area (Å²) < 4.78 is 20.5. The Balaban J connectivity index is 1.60. The minimum absolute atomic E-state index is 0.133. The number of aromatic amines is 1. The van der Waals surface area contributed by atoms with Crippen LogP contribution in [0.25, 0.3) is 11.0 Å². The number of H-pyrrole nitrogens is 1. The van der Waals surface area contributed by atoms with Crippen molar-refractivity contribution >= 4 is 11.0 Å². The summed E-state index contributed by atoms with van der Waals surface area (Å²) in [6.45, 7) is 3.72. The van der Waals surface area contributed by atoms with Gasteiger partial charge in [0.15, 0.2) is 5.82 Å². The lowest BCUT2D eigenvalue weighted by atomic mass is 9.79. The van der Waals surface area contributed by atoms with Gasteiger partial charge in [-0.2, -0.15) is 0 Å². The van der Waals surface area contributed by atoms with E-state index in [1.807, 2.05) is 12.1 Å². The van der Waals surface area contributed by atoms with E-state index in [1.165, 1.54) is 12.8 Å². The van der Waals surface area contributed by atoms with E-state index >= 15 is 4.39 Å². The summed E-state index contributed by atoms with van der Waals surface area (Å²) in [6.07, 6.45) is 6.46. The number of fused-ring (bicyclic) bond motifs is 1. The summed E-state index contributed by atoms with van der Waals surface area (Å²) in [6, 6.07) is 3.73. The van der Waals surface area contributed by atoms with Crippen LogP contribution >= 0.6 is 0 Å². The van der Waals surface area contributed by atoms with Gasteiger partial charge in [-0.15, -0.1) is 0 Å². The average molecular weight is 345 g/mol. The molecule has 0 spiro atoms. The highest BCUT2D eigenvalue weighted by molar-refractivity contribution is 5.77. The van der Waals surface area contributed by atoms with Crippen LogP contribution in [0.1, 0.15) is 68.8 Å². The number of hydrogen-bond donors (Lipinski definition) is 2. The van der Waals surface area contributed by atoms with Crippen LogP contribution in [0, 0.1) is 17.7 Å². The Morgan fingerprint density at radius 3 is 2.60 bits per heavy atom. The summed E-state index contributed by atoms with van der Waals surface area (Å²) >= 11 is 0. The van der Waals surface area contributed by atoms with Gasteiger partial charge in [-0.05, 0) is 55.1 Å². The quantitative estimate of drug-likeness (QED) is 0.865. The van der Waals surface area contributed by atoms with Gasteiger partial charge in [-0.25, -0.2) is 9.37 Å². The summed E-state index contributed by atoms with van der Waals surface area (Å²) in [4.78, 5) is 7.85. The number of ether oxygens (including phenoxy) is 1. The molecule has 136 valence electrons. The molecule has 2 fully saturated rings. The molecular weight excluding hydrogens is 317 g/mol. The van der Waals surface area contributed by atoms with Gasteiger partial charge in [0.2, 0.25) is 0 Å². The highest BCUT2D eigenvalue weighted by atomic mass is 19.1. The van der Waals surface area contributed by atoms with Crippen molar-refractivity contribution in [2.75, 3.05) is 13.2 Å². The summed E-state index contributed by atoms with van der Waals surface area (Å²) in [5, 5.41) is 0. The lowest BCUT2D eigenvalue weighted by Gasteiger charge is -2.29. The predicted octanol–water partition coefficient (Wildman–Crippen LogP) is 4.42. The SMILES string of the molecule is CC1CCC(C(N)c2nc3c(F)c(C4CCOCC4)ccc3[nH]2)CC1. The predicted molar refractivity (Wildman–Crippen MR) is 96.9 cm³/mol. The molecule has 1 saturated heterocycles. The Bertz CT molecular complexity index is 730. The van der Waals surface area contributed by atoms with Crippen LogP contribution < -0.4 is 5.73 Å². The van der Waals surface area contributed by atoms with E-state index in [-0.39, 0.29) is 17.8 Å². The average Bonchev–Trinajstić information content (AvgIpc) is 3.08. The van der Waals surface area contributed by atoms with Crippen molar-refractivity contribution in [1.29, 1.82) is 0 Å². The second kappa shape index (κ2) is 7.04. The smallest absolute Gasteiger partial charge is 0.154 e. The Morgan fingerprint density at radius 1 is 1.16 bits per heavy atom. The van der Waals surface area contributed by atoms with Crippen molar-refractivity contribution in [2.45, 2.75) is 57.4 Å². The number of benzene rings is 1. The fraction of sp³-hybridized carbons (Fsp3) is 0.650. The zero-order chi connectivity index (χ0) is 17.4. The Labute approximate surface area is 148 Å². The fourth-order valence-corrected chi connectivity index (χ4v) is 4.43. The van der Waals surface area contributed by atoms with E-state index in [4.69, 9.17) is 10.5 Å². The van der Waals surface area contributed by atoms with E-state index in [0.717, 1.165) is 48.5 Å². The Hall–Kier alpha value is -1.46. The molecule has 1 atom stereocenters. The minimum atomic E-state index is -0.184. The standard InChI is InChI=1S/C20H28FN3O/c1-12-2-4-14(5-3-12)18(22)20-23-16-7-6-15(17(21)19(16)24-20)13-8-10-25-11-9-13/h6-7,12-14,18H,2-5,8-11,22H2,1H3,(H,23,24). The van der Waals surface area contributed by atoms with Gasteiger partial charge >= 0.3 is 0 Å². The van der Waals surface area contributed by atoms with Crippen molar-refractivity contribution in [1.82, 2.24) is 9.97 Å². The number of imidazole rings is 1. The number of nitrogens with two attached hydrogens (primary N) is 1. The molecule has 1 aliphatic heterocycles. The molecule has 1 aliphatic carbocycles. The van der Waals surface area contributed by atoms with E-state index in [1.54, 1.807) is 0 Å². The molecule has 1 unspecified atom stereocenters. The van der Waals surface area contributed by atoms with Crippen LogP contribution in [0.2, 0.25) is 0 Å². The molecule has 4 nitrogen and oxygen atoms in total. The number of aromatic nitrogens is 2. The van der Waals surface area contributed by atoms with Crippen LogP contribution in [0.4, 0.5) is 4.39 Å². The molecule has 2 heterocycles. The zero-order valence-corrected chi connectivity index (χ0v) is 14.9. The molecule has 1 aromatic carbocycles. The summed E-state index contributed by atoms with van der Waals surface area (Å²) in [5.41, 5.74) is 8.45. The molecule has 2 aromatic rings. The third kappa shape index (κ3) is 3.32. The van der Waals surface area contributed by atoms with Gasteiger partial charge < -0.3 is 15.5 Å². The Morgan fingerprint density at radius 2 is 1.88 bits per heavy atom. The Kier molecular flexibility index (Phi) is 4.78. The third-order valence-corrected chi connectivity index (χ3v) is 6.19. The van der Waals surface area contributed by atoms with Crippen molar-refractivity contribution in [3.63, 3.8) is 0 Å². The lowest BCUT2D eigenvalue weighted by Crippen LogP contribution is -2.26. The van der Waals surface area contributed by atoms with E-state index in [9.17, 15) is 0 Å². The second-order valence-electron chi connectivity index (χ2n) is 7.92. The van der Waals surface area contributed by atoms with Crippen molar-refractivity contribution in [3.05, 3.63) is 29.3 Å². The maximum absolute atomic E-state index is 15.1. The van der Waals surface area contributed by atoms with Crippen LogP contribution in [0.5, 0.6) is 0 Å². The first kappa shape index (κ1) is 17.0. The first-order valence-corrected chi connectivity index (χ1v) is 9.65. The summed E-state index contributed by atoms with van der Waals surface area (Å²) in [5.74, 6) is 2.01. The number of nitrogens with one attached hydrogen (secondary N) is 1. The normalized spacial score (nSPS) is 26.8. The monoisotopic (exact) mass is 345 g/mol. The number of rotatable bonds is 3. The molecule has 1 aromatic heterocycles. The number of nitrogens with zero attached hydrogens (tertiary/aromatic N) is 1. The highest BCUT2D eigenvalue weighted by Gasteiger charge is 2.28. The number of halogens is 1. The van der Waals surface area contributed by atoms with Gasteiger partial charge in [-0.3, -0.25) is 0 Å². The molecule has 1 saturated carbocycles. The molecule has 3 N–H and O–H groups in total. The van der Waals surface area contributed by atoms with Crippen LogP contribution in [0.15, 0.2) is 12.1 Å². The van der Waals surface area contributed by atoms with Crippen molar-refractivity contribution < 1.29 is 9.13 Å². The van der Waals surface area contributed by atoms with Gasteiger partial charge in [0, 0.05) is 13.2 Å². The lowest BCUT2D eigenvalue weighted by molar-refractivity contribution is 0.0847. The van der Waals surface area contributed by atoms with Crippen LogP contribution in [-0.4, -0.2) is 23.2 Å². The van der Waals surface area contributed by atoms with Gasteiger partial charge in [0.1, 0.15) is 11.3 Å². The molecule has 0 bridgehead atoms. The van der Waals surface area contributed by atoms with Gasteiger partial charge in [0.05, 0.1) is 11.6 Å². The third-order valence-electron chi connectivity index (χ3n) is 6.19. The first-order chi connectivity index (χ1) is 12.1. The number of hydrogen-bond acceptors (Lipinski definition) is 3. The summed E-state index contributed by atoms with van der Waals surface area (Å²) in [7, 11) is 0. The largest absolute Gasteiger partial charge is 0.381 e. The van der Waals surface area contributed by atoms with Crippen LogP contribution in [-0.2, 0) is 4.74 Å². The van der Waals surface area contributed by atoms with E-state index < -0.39 is 0 Å². The topological polar surface area (TPSA) is 63.9 Å². The molecule has 4 rings (SSSR count). The maximum Gasteiger partial charge on any atom is 0.154 e. The first-order valence-electron chi connectivity index (χ1n) is 9.65. The maximum atomic E-state index is 15.1. The molecule has 0 amide bonds. The molecule has 2 aliphatic rings. The minimum Gasteiger partial charge on any atom is -0.381 e. The van der Waals surface area contributed by atoms with Gasteiger partial charge in [-0.1, -0.05) is 25.8 Å². The molecule has 5 heteroatoms.